The number of carboxylic acids is 1. The van der Waals surface area contributed by atoms with Gasteiger partial charge in [0.25, 0.3) is 5.09 Å². The molecule has 39 heavy (non-hydrogen) atoms. The van der Waals surface area contributed by atoms with Gasteiger partial charge in [0.2, 0.25) is 0 Å². The van der Waals surface area contributed by atoms with Gasteiger partial charge in [0.05, 0.1) is 25.8 Å². The maximum absolute atomic E-state index is 13.2. The average molecular weight is 550 g/mol. The number of carbonyl (C=O) groups excluding carboxylic acids is 2. The monoisotopic (exact) mass is 549 g/mol. The molecule has 1 saturated carbocycles. The number of ketones is 1. The van der Waals surface area contributed by atoms with Crippen molar-refractivity contribution >= 4 is 17.7 Å². The van der Waals surface area contributed by atoms with Gasteiger partial charge in [-0.05, 0) is 50.5 Å². The lowest BCUT2D eigenvalue weighted by Crippen LogP contribution is -2.51. The fourth-order valence-corrected chi connectivity index (χ4v) is 5.42. The molecule has 1 saturated heterocycles. The van der Waals surface area contributed by atoms with Gasteiger partial charge >= 0.3 is 11.9 Å². The number of aryl methyl sites for hydroxylation is 1. The molecule has 2 fully saturated rings. The predicted molar refractivity (Wildman–Crippen MR) is 145 cm³/mol. The van der Waals surface area contributed by atoms with Gasteiger partial charge in [0.15, 0.2) is 5.78 Å². The van der Waals surface area contributed by atoms with E-state index in [0.717, 1.165) is 31.2 Å². The molecule has 1 aliphatic carbocycles. The highest BCUT2D eigenvalue weighted by atomic mass is 16.9. The first-order chi connectivity index (χ1) is 18.8. The number of rotatable bonds is 15. The van der Waals surface area contributed by atoms with Crippen molar-refractivity contribution in [3.8, 4) is 0 Å². The number of aliphatic carboxylic acids is 1. The third-order valence-corrected chi connectivity index (χ3v) is 7.36. The Labute approximate surface area is 230 Å². The Balaban J connectivity index is 0.00000260. The van der Waals surface area contributed by atoms with Crippen molar-refractivity contribution in [1.29, 1.82) is 0 Å². The van der Waals surface area contributed by atoms with Crippen LogP contribution in [0.5, 0.6) is 0 Å². The highest BCUT2D eigenvalue weighted by Gasteiger charge is 2.46. The molecule has 5 atom stereocenters. The standard InChI is InChI=1S/C26H37N3O8.C2H6/c1-18(27-21(25(31)32)13-12-19-8-3-2-4-9-19)24(30)17-28-22-11-6-5-10-20(22)16-23(28)26(33)36-14-7-15-37-29(34)35;1-2/h2-4,8-9,18,20-23,27H,5-7,10-17H2,1H3,(H,31,32);1-2H3. The van der Waals surface area contributed by atoms with E-state index in [-0.39, 0.29) is 38.0 Å². The molecule has 1 heterocycles. The number of nitrogens with one attached hydrogen (secondary N) is 1. The number of ether oxygens (including phenoxy) is 1. The van der Waals surface area contributed by atoms with Crippen LogP contribution in [0.25, 0.3) is 0 Å². The van der Waals surface area contributed by atoms with Crippen molar-refractivity contribution in [2.75, 3.05) is 19.8 Å². The molecule has 5 unspecified atom stereocenters. The van der Waals surface area contributed by atoms with E-state index in [2.05, 4.69) is 10.2 Å². The third kappa shape index (κ3) is 10.2. The summed E-state index contributed by atoms with van der Waals surface area (Å²) in [5, 5.41) is 22.0. The minimum atomic E-state index is -1.01. The molecule has 1 aliphatic heterocycles. The van der Waals surface area contributed by atoms with Crippen LogP contribution in [-0.2, 0) is 30.4 Å². The van der Waals surface area contributed by atoms with Crippen LogP contribution in [0.15, 0.2) is 30.3 Å². The number of hydrogen-bond donors (Lipinski definition) is 2. The molecule has 0 bridgehead atoms. The van der Waals surface area contributed by atoms with Crippen LogP contribution in [-0.4, -0.2) is 76.7 Å². The van der Waals surface area contributed by atoms with Gasteiger partial charge in [-0.25, -0.2) is 0 Å². The fraction of sp³-hybridized carbons (Fsp3) is 0.679. The molecule has 3 rings (SSSR count). The first-order valence-corrected chi connectivity index (χ1v) is 14.0. The van der Waals surface area contributed by atoms with Crippen molar-refractivity contribution in [2.45, 2.75) is 96.3 Å². The topological polar surface area (TPSA) is 148 Å². The molecular weight excluding hydrogens is 506 g/mol. The van der Waals surface area contributed by atoms with Crippen molar-refractivity contribution in [2.24, 2.45) is 5.92 Å². The molecule has 11 heteroatoms. The lowest BCUT2D eigenvalue weighted by molar-refractivity contribution is -0.757. The quantitative estimate of drug-likeness (QED) is 0.144. The average Bonchev–Trinajstić information content (AvgIpc) is 3.30. The molecular formula is C28H43N3O8. The lowest BCUT2D eigenvalue weighted by atomic mass is 9.84. The summed E-state index contributed by atoms with van der Waals surface area (Å²) in [5.74, 6) is -1.31. The Bertz CT molecular complexity index is 929. The predicted octanol–water partition coefficient (Wildman–Crippen LogP) is 3.42. The number of fused-ring (bicyclic) bond motifs is 1. The summed E-state index contributed by atoms with van der Waals surface area (Å²) in [6, 6.07) is 7.56. The molecule has 2 aliphatic rings. The fourth-order valence-electron chi connectivity index (χ4n) is 5.42. The van der Waals surface area contributed by atoms with Gasteiger partial charge in [-0.2, -0.15) is 0 Å². The van der Waals surface area contributed by atoms with Gasteiger partial charge in [-0.15, -0.1) is 10.1 Å². The molecule has 218 valence electrons. The van der Waals surface area contributed by atoms with Crippen LogP contribution >= 0.6 is 0 Å². The normalized spacial score (nSPS) is 22.0. The first kappa shape index (κ1) is 32.2. The van der Waals surface area contributed by atoms with E-state index in [1.807, 2.05) is 49.1 Å². The zero-order chi connectivity index (χ0) is 28.8. The number of benzene rings is 1. The smallest absolute Gasteiger partial charge is 0.323 e. The third-order valence-electron chi connectivity index (χ3n) is 7.36. The Hall–Kier alpha value is -3.05. The number of likely N-dealkylation sites (tertiary alicyclic amines) is 1. The van der Waals surface area contributed by atoms with Gasteiger partial charge in [0, 0.05) is 12.5 Å². The van der Waals surface area contributed by atoms with Gasteiger partial charge in [0.1, 0.15) is 12.1 Å². The second-order valence-electron chi connectivity index (χ2n) is 9.88. The van der Waals surface area contributed by atoms with Gasteiger partial charge < -0.3 is 14.7 Å². The maximum Gasteiger partial charge on any atom is 0.323 e. The zero-order valence-corrected chi connectivity index (χ0v) is 23.3. The number of Topliss-reactive ketones (excluding diaryl/α,β-unsaturated/α-hetero) is 1. The van der Waals surface area contributed by atoms with Crippen LogP contribution < -0.4 is 5.32 Å². The van der Waals surface area contributed by atoms with E-state index >= 15 is 0 Å². The molecule has 0 aromatic heterocycles. The Morgan fingerprint density at radius 3 is 2.51 bits per heavy atom. The number of carbonyl (C=O) groups is 3. The molecule has 11 nitrogen and oxygen atoms in total. The van der Waals surface area contributed by atoms with Crippen molar-refractivity contribution in [3.63, 3.8) is 0 Å². The van der Waals surface area contributed by atoms with Crippen LogP contribution in [0.4, 0.5) is 0 Å². The zero-order valence-electron chi connectivity index (χ0n) is 23.3. The first-order valence-electron chi connectivity index (χ1n) is 14.0. The maximum atomic E-state index is 13.2. The number of carboxylic acid groups (broad SMARTS) is 1. The molecule has 0 spiro atoms. The molecule has 0 radical (unpaired) electrons. The van der Waals surface area contributed by atoms with E-state index in [0.29, 0.717) is 25.2 Å². The largest absolute Gasteiger partial charge is 0.480 e. The Morgan fingerprint density at radius 2 is 1.85 bits per heavy atom. The number of nitrogens with zero attached hydrogens (tertiary/aromatic N) is 2. The summed E-state index contributed by atoms with van der Waals surface area (Å²) < 4.78 is 5.37. The van der Waals surface area contributed by atoms with Crippen LogP contribution in [0.3, 0.4) is 0 Å². The van der Waals surface area contributed by atoms with Crippen LogP contribution in [0.1, 0.15) is 71.3 Å². The molecule has 1 aromatic rings. The van der Waals surface area contributed by atoms with E-state index in [9.17, 15) is 29.6 Å². The minimum absolute atomic E-state index is 0.0000424. The van der Waals surface area contributed by atoms with Gasteiger partial charge in [-0.1, -0.05) is 57.0 Å². The van der Waals surface area contributed by atoms with E-state index in [4.69, 9.17) is 4.74 Å². The number of esters is 1. The van der Waals surface area contributed by atoms with Gasteiger partial charge in [-0.3, -0.25) is 24.6 Å². The second-order valence-corrected chi connectivity index (χ2v) is 9.88. The summed E-state index contributed by atoms with van der Waals surface area (Å²) in [4.78, 5) is 54.4. The molecule has 0 amide bonds. The summed E-state index contributed by atoms with van der Waals surface area (Å²) in [5.41, 5.74) is 1.03. The van der Waals surface area contributed by atoms with E-state index < -0.39 is 35.2 Å². The SMILES string of the molecule is CC.CC(NC(CCc1ccccc1)C(=O)O)C(=O)CN1C(C(=O)OCCCO[N+](=O)[O-])CC2CCCCC21. The molecule has 1 aromatic carbocycles. The summed E-state index contributed by atoms with van der Waals surface area (Å²) in [7, 11) is 0. The van der Waals surface area contributed by atoms with Crippen molar-refractivity contribution in [1.82, 2.24) is 10.2 Å². The second kappa shape index (κ2) is 16.8. The van der Waals surface area contributed by atoms with E-state index in [1.165, 1.54) is 0 Å². The highest BCUT2D eigenvalue weighted by Crippen LogP contribution is 2.40. The number of hydrogen-bond acceptors (Lipinski definition) is 9. The molecule has 2 N–H and O–H groups in total. The highest BCUT2D eigenvalue weighted by molar-refractivity contribution is 5.87. The van der Waals surface area contributed by atoms with Crippen LogP contribution in [0, 0.1) is 16.0 Å². The van der Waals surface area contributed by atoms with Crippen molar-refractivity contribution in [3.05, 3.63) is 46.0 Å². The summed E-state index contributed by atoms with van der Waals surface area (Å²) in [6.45, 7) is 5.54. The van der Waals surface area contributed by atoms with Crippen molar-refractivity contribution < 1.29 is 34.2 Å². The Kier molecular flexibility index (Phi) is 13.9. The van der Waals surface area contributed by atoms with E-state index in [1.54, 1.807) is 6.92 Å². The summed E-state index contributed by atoms with van der Waals surface area (Å²) in [6.07, 6.45) is 5.73. The Morgan fingerprint density at radius 1 is 1.15 bits per heavy atom. The summed E-state index contributed by atoms with van der Waals surface area (Å²) >= 11 is 0. The van der Waals surface area contributed by atoms with Crippen LogP contribution in [0.2, 0.25) is 0 Å². The lowest BCUT2D eigenvalue weighted by Gasteiger charge is -2.33. The minimum Gasteiger partial charge on any atom is -0.480 e.